The normalized spacial score (nSPS) is 14.7. The molecule has 0 radical (unpaired) electrons. The molecular formula is C27H29FN4O3. The fourth-order valence-electron chi connectivity index (χ4n) is 4.40. The molecule has 7 nitrogen and oxygen atoms in total. The number of nitrogens with one attached hydrogen (secondary N) is 1. The van der Waals surface area contributed by atoms with Crippen LogP contribution >= 0.6 is 0 Å². The predicted molar refractivity (Wildman–Crippen MR) is 131 cm³/mol. The Labute approximate surface area is 204 Å². The number of carbonyl (C=O) groups excluding carboxylic acids is 2. The molecule has 1 unspecified atom stereocenters. The number of ether oxygens (including phenoxy) is 1. The fraction of sp³-hybridized carbons (Fsp3) is 0.333. The highest BCUT2D eigenvalue weighted by Crippen LogP contribution is 2.31. The van der Waals surface area contributed by atoms with Gasteiger partial charge in [-0.15, -0.1) is 0 Å². The van der Waals surface area contributed by atoms with Crippen molar-refractivity contribution in [1.29, 1.82) is 0 Å². The van der Waals surface area contributed by atoms with Gasteiger partial charge in [0.25, 0.3) is 5.91 Å². The second-order valence-electron chi connectivity index (χ2n) is 8.49. The van der Waals surface area contributed by atoms with Gasteiger partial charge in [0.2, 0.25) is 5.91 Å². The molecule has 35 heavy (non-hydrogen) atoms. The smallest absolute Gasteiger partial charge is 0.279 e. The number of rotatable bonds is 8. The Morgan fingerprint density at radius 2 is 1.89 bits per heavy atom. The maximum atomic E-state index is 14.3. The van der Waals surface area contributed by atoms with Gasteiger partial charge in [0.15, 0.2) is 0 Å². The average molecular weight is 477 g/mol. The molecule has 1 fully saturated rings. The molecule has 1 saturated carbocycles. The average Bonchev–Trinajstić information content (AvgIpc) is 2.89. The van der Waals surface area contributed by atoms with Crippen LogP contribution in [-0.2, 0) is 4.79 Å². The Morgan fingerprint density at radius 3 is 2.54 bits per heavy atom. The summed E-state index contributed by atoms with van der Waals surface area (Å²) in [4.78, 5) is 37.0. The van der Waals surface area contributed by atoms with Gasteiger partial charge in [-0.05, 0) is 55.7 Å². The molecule has 8 heteroatoms. The number of nitrogens with zero attached hydrogens (tertiary/aromatic N) is 3. The monoisotopic (exact) mass is 476 g/mol. The molecule has 1 atom stereocenters. The molecule has 1 N–H and O–H groups in total. The molecule has 2 aromatic carbocycles. The lowest BCUT2D eigenvalue weighted by atomic mass is 9.94. The zero-order valence-electron chi connectivity index (χ0n) is 19.7. The summed E-state index contributed by atoms with van der Waals surface area (Å²) in [5.41, 5.74) is 0.875. The van der Waals surface area contributed by atoms with Crippen molar-refractivity contribution >= 4 is 17.5 Å². The third kappa shape index (κ3) is 6.01. The van der Waals surface area contributed by atoms with Gasteiger partial charge >= 0.3 is 0 Å². The number of anilines is 1. The van der Waals surface area contributed by atoms with Gasteiger partial charge in [-0.2, -0.15) is 0 Å². The summed E-state index contributed by atoms with van der Waals surface area (Å²) in [5, 5.41) is 3.13. The highest BCUT2D eigenvalue weighted by atomic mass is 19.1. The van der Waals surface area contributed by atoms with E-state index in [0.717, 1.165) is 32.1 Å². The summed E-state index contributed by atoms with van der Waals surface area (Å²) in [6.07, 6.45) is 9.22. The minimum atomic E-state index is -1.05. The van der Waals surface area contributed by atoms with E-state index in [9.17, 15) is 14.0 Å². The molecule has 2 amide bonds. The zero-order chi connectivity index (χ0) is 24.6. The lowest BCUT2D eigenvalue weighted by Gasteiger charge is -2.33. The van der Waals surface area contributed by atoms with Crippen LogP contribution in [0.2, 0.25) is 0 Å². The second-order valence-corrected chi connectivity index (χ2v) is 8.49. The number of halogens is 1. The zero-order valence-corrected chi connectivity index (χ0v) is 19.7. The number of benzene rings is 2. The van der Waals surface area contributed by atoms with E-state index in [1.54, 1.807) is 30.3 Å². The van der Waals surface area contributed by atoms with Crippen LogP contribution in [-0.4, -0.2) is 34.4 Å². The van der Waals surface area contributed by atoms with Crippen LogP contribution < -0.4 is 15.0 Å². The predicted octanol–water partition coefficient (Wildman–Crippen LogP) is 4.85. The highest BCUT2D eigenvalue weighted by molar-refractivity contribution is 6.09. The minimum absolute atomic E-state index is 0.0300. The van der Waals surface area contributed by atoms with Crippen LogP contribution in [0, 0.1) is 5.82 Å². The molecule has 1 heterocycles. The maximum absolute atomic E-state index is 14.3. The standard InChI is InChI=1S/C27H29FN4O3/c1-2-35-23-13-11-19(12-14-23)25(26(33)31-21-8-4-3-5-9-21)32(22-10-6-7-20(28)17-22)27(34)24-18-29-15-16-30-24/h6-7,10-18,21,25H,2-5,8-9H2,1H3,(H,31,33). The van der Waals surface area contributed by atoms with Crippen molar-refractivity contribution in [1.82, 2.24) is 15.3 Å². The summed E-state index contributed by atoms with van der Waals surface area (Å²) < 4.78 is 19.8. The molecule has 1 aliphatic carbocycles. The summed E-state index contributed by atoms with van der Waals surface area (Å²) in [6.45, 7) is 2.39. The van der Waals surface area contributed by atoms with Crippen LogP contribution in [0.3, 0.4) is 0 Å². The lowest BCUT2D eigenvalue weighted by molar-refractivity contribution is -0.123. The van der Waals surface area contributed by atoms with E-state index in [0.29, 0.717) is 17.9 Å². The van der Waals surface area contributed by atoms with Crippen molar-refractivity contribution in [2.24, 2.45) is 0 Å². The van der Waals surface area contributed by atoms with Gasteiger partial charge in [-0.1, -0.05) is 37.5 Å². The molecule has 4 rings (SSSR count). The Hall–Kier alpha value is -3.81. The Kier molecular flexibility index (Phi) is 8.03. The molecule has 1 aromatic heterocycles. The summed E-state index contributed by atoms with van der Waals surface area (Å²) in [5.74, 6) is -0.748. The third-order valence-corrected chi connectivity index (χ3v) is 6.05. The molecule has 0 spiro atoms. The first-order valence-electron chi connectivity index (χ1n) is 11.9. The Bertz CT molecular complexity index is 1130. The summed E-state index contributed by atoms with van der Waals surface area (Å²) in [6, 6.07) is 11.7. The first-order chi connectivity index (χ1) is 17.1. The molecule has 1 aliphatic rings. The van der Waals surface area contributed by atoms with E-state index >= 15 is 0 Å². The molecule has 0 bridgehead atoms. The van der Waals surface area contributed by atoms with Gasteiger partial charge < -0.3 is 10.1 Å². The maximum Gasteiger partial charge on any atom is 0.279 e. The SMILES string of the molecule is CCOc1ccc(C(C(=O)NC2CCCCC2)N(C(=O)c2cnccn2)c2cccc(F)c2)cc1. The molecular weight excluding hydrogens is 447 g/mol. The Morgan fingerprint density at radius 1 is 1.11 bits per heavy atom. The molecule has 3 aromatic rings. The number of carbonyl (C=O) groups is 2. The number of hydrogen-bond acceptors (Lipinski definition) is 5. The minimum Gasteiger partial charge on any atom is -0.494 e. The second kappa shape index (κ2) is 11.6. The van der Waals surface area contributed by atoms with Crippen molar-refractivity contribution in [3.63, 3.8) is 0 Å². The topological polar surface area (TPSA) is 84.4 Å². The van der Waals surface area contributed by atoms with E-state index in [1.165, 1.54) is 41.7 Å². The first kappa shape index (κ1) is 24.3. The van der Waals surface area contributed by atoms with Crippen molar-refractivity contribution in [2.45, 2.75) is 51.1 Å². The van der Waals surface area contributed by atoms with Gasteiger partial charge in [-0.3, -0.25) is 19.5 Å². The van der Waals surface area contributed by atoms with Crippen LogP contribution in [0.5, 0.6) is 5.75 Å². The molecule has 0 aliphatic heterocycles. The van der Waals surface area contributed by atoms with E-state index in [2.05, 4.69) is 15.3 Å². The lowest BCUT2D eigenvalue weighted by Crippen LogP contribution is -2.47. The quantitative estimate of drug-likeness (QED) is 0.502. The largest absolute Gasteiger partial charge is 0.494 e. The van der Waals surface area contributed by atoms with Crippen LogP contribution in [0.1, 0.15) is 61.1 Å². The summed E-state index contributed by atoms with van der Waals surface area (Å²) in [7, 11) is 0. The molecule has 182 valence electrons. The highest BCUT2D eigenvalue weighted by Gasteiger charge is 2.35. The Balaban J connectivity index is 1.79. The van der Waals surface area contributed by atoms with Gasteiger partial charge in [0.05, 0.1) is 12.8 Å². The van der Waals surface area contributed by atoms with Crippen molar-refractivity contribution in [2.75, 3.05) is 11.5 Å². The number of amides is 2. The van der Waals surface area contributed by atoms with E-state index in [-0.39, 0.29) is 23.3 Å². The summed E-state index contributed by atoms with van der Waals surface area (Å²) >= 11 is 0. The van der Waals surface area contributed by atoms with Crippen molar-refractivity contribution in [3.8, 4) is 5.75 Å². The number of hydrogen-bond donors (Lipinski definition) is 1. The van der Waals surface area contributed by atoms with Crippen molar-refractivity contribution in [3.05, 3.63) is 84.2 Å². The van der Waals surface area contributed by atoms with E-state index in [1.807, 2.05) is 6.92 Å². The molecule has 0 saturated heterocycles. The van der Waals surface area contributed by atoms with Gasteiger partial charge in [0, 0.05) is 24.1 Å². The first-order valence-corrected chi connectivity index (χ1v) is 11.9. The van der Waals surface area contributed by atoms with Crippen LogP contribution in [0.15, 0.2) is 67.1 Å². The number of aromatic nitrogens is 2. The third-order valence-electron chi connectivity index (χ3n) is 6.05. The van der Waals surface area contributed by atoms with Crippen LogP contribution in [0.4, 0.5) is 10.1 Å². The fourth-order valence-corrected chi connectivity index (χ4v) is 4.40. The van der Waals surface area contributed by atoms with Crippen LogP contribution in [0.25, 0.3) is 0 Å². The van der Waals surface area contributed by atoms with Crippen molar-refractivity contribution < 1.29 is 18.7 Å². The van der Waals surface area contributed by atoms with E-state index < -0.39 is 17.8 Å². The van der Waals surface area contributed by atoms with Gasteiger partial charge in [-0.25, -0.2) is 9.37 Å². The van der Waals surface area contributed by atoms with Gasteiger partial charge in [0.1, 0.15) is 23.3 Å². The van der Waals surface area contributed by atoms with E-state index in [4.69, 9.17) is 4.74 Å².